The van der Waals surface area contributed by atoms with Crippen LogP contribution in [0, 0.1) is 0 Å². The predicted octanol–water partition coefficient (Wildman–Crippen LogP) is 6.20. The van der Waals surface area contributed by atoms with E-state index in [4.69, 9.17) is 10.5 Å². The SMILES string of the molecule is CCOC(=O)c1c(-c2ccccc2Br)c(N)c(=O)n(-c2ccccc2)c1/C=C/c1ccccc1. The standard InChI is InChI=1S/C28H23BrN2O3/c1-2-34-28(33)25-23(18-17-19-11-5-3-6-12-19)31(20-13-7-4-8-14-20)27(32)26(30)24(25)21-15-9-10-16-22(21)29/h3-18H,2,30H2,1H3/b18-17+. The molecule has 3 aromatic carbocycles. The van der Waals surface area contributed by atoms with Crippen LogP contribution in [0.2, 0.25) is 0 Å². The lowest BCUT2D eigenvalue weighted by atomic mass is 9.95. The Balaban J connectivity index is 2.14. The Morgan fingerprint density at radius 1 is 0.941 bits per heavy atom. The molecule has 0 aliphatic rings. The van der Waals surface area contributed by atoms with Crippen LogP contribution >= 0.6 is 15.9 Å². The fourth-order valence-corrected chi connectivity index (χ4v) is 4.28. The van der Waals surface area contributed by atoms with Crippen molar-refractivity contribution in [2.45, 2.75) is 6.92 Å². The summed E-state index contributed by atoms with van der Waals surface area (Å²) >= 11 is 3.54. The van der Waals surface area contributed by atoms with E-state index < -0.39 is 11.5 Å². The minimum atomic E-state index is -0.558. The summed E-state index contributed by atoms with van der Waals surface area (Å²) in [5.74, 6) is -0.558. The van der Waals surface area contributed by atoms with Crippen LogP contribution in [0.25, 0.3) is 29.0 Å². The number of rotatable bonds is 6. The smallest absolute Gasteiger partial charge is 0.340 e. The highest BCUT2D eigenvalue weighted by Gasteiger charge is 2.27. The van der Waals surface area contributed by atoms with Gasteiger partial charge in [-0.1, -0.05) is 88.7 Å². The summed E-state index contributed by atoms with van der Waals surface area (Å²) in [6, 6.07) is 26.1. The monoisotopic (exact) mass is 514 g/mol. The number of hydrogen-bond acceptors (Lipinski definition) is 4. The lowest BCUT2D eigenvalue weighted by Crippen LogP contribution is -2.28. The van der Waals surface area contributed by atoms with E-state index in [1.807, 2.05) is 78.9 Å². The van der Waals surface area contributed by atoms with Crippen LogP contribution in [0.1, 0.15) is 28.5 Å². The van der Waals surface area contributed by atoms with E-state index in [0.717, 1.165) is 5.56 Å². The van der Waals surface area contributed by atoms with Crippen molar-refractivity contribution in [3.8, 4) is 16.8 Å². The lowest BCUT2D eigenvalue weighted by molar-refractivity contribution is 0.0526. The first-order valence-corrected chi connectivity index (χ1v) is 11.6. The largest absolute Gasteiger partial charge is 0.462 e. The molecule has 5 nitrogen and oxygen atoms in total. The van der Waals surface area contributed by atoms with Gasteiger partial charge in [-0.25, -0.2) is 4.79 Å². The molecule has 1 aromatic heterocycles. The van der Waals surface area contributed by atoms with E-state index in [1.165, 1.54) is 4.57 Å². The Bertz CT molecular complexity index is 1410. The van der Waals surface area contributed by atoms with Gasteiger partial charge in [0.05, 0.1) is 17.9 Å². The summed E-state index contributed by atoms with van der Waals surface area (Å²) in [6.45, 7) is 1.92. The number of para-hydroxylation sites is 1. The van der Waals surface area contributed by atoms with E-state index in [1.54, 1.807) is 25.1 Å². The Morgan fingerprint density at radius 2 is 1.56 bits per heavy atom. The third-order valence-corrected chi connectivity index (χ3v) is 6.01. The molecule has 4 rings (SSSR count). The zero-order chi connectivity index (χ0) is 24.1. The molecule has 0 aliphatic heterocycles. The maximum Gasteiger partial charge on any atom is 0.340 e. The van der Waals surface area contributed by atoms with Gasteiger partial charge in [-0.05, 0) is 42.3 Å². The van der Waals surface area contributed by atoms with Gasteiger partial charge in [-0.15, -0.1) is 0 Å². The maximum atomic E-state index is 13.7. The Kier molecular flexibility index (Phi) is 7.09. The van der Waals surface area contributed by atoms with Crippen molar-refractivity contribution in [1.82, 2.24) is 4.57 Å². The van der Waals surface area contributed by atoms with Crippen molar-refractivity contribution in [3.05, 3.63) is 117 Å². The molecule has 0 aliphatic carbocycles. The molecular weight excluding hydrogens is 492 g/mol. The predicted molar refractivity (Wildman–Crippen MR) is 141 cm³/mol. The van der Waals surface area contributed by atoms with Gasteiger partial charge < -0.3 is 10.5 Å². The molecule has 0 atom stereocenters. The van der Waals surface area contributed by atoms with Crippen molar-refractivity contribution in [1.29, 1.82) is 0 Å². The average Bonchev–Trinajstić information content (AvgIpc) is 2.86. The molecule has 2 N–H and O–H groups in total. The van der Waals surface area contributed by atoms with Gasteiger partial charge in [0.25, 0.3) is 5.56 Å². The number of halogens is 1. The molecule has 0 saturated heterocycles. The summed E-state index contributed by atoms with van der Waals surface area (Å²) < 4.78 is 7.62. The number of pyridine rings is 1. The minimum absolute atomic E-state index is 0.0318. The number of ether oxygens (including phenoxy) is 1. The van der Waals surface area contributed by atoms with Crippen molar-refractivity contribution >= 4 is 39.7 Å². The third kappa shape index (κ3) is 4.58. The summed E-state index contributed by atoms with van der Waals surface area (Å²) in [4.78, 5) is 27.1. The molecule has 0 amide bonds. The second kappa shape index (κ2) is 10.4. The molecule has 34 heavy (non-hydrogen) atoms. The zero-order valence-electron chi connectivity index (χ0n) is 18.6. The lowest BCUT2D eigenvalue weighted by Gasteiger charge is -2.20. The van der Waals surface area contributed by atoms with Crippen LogP contribution in [-0.2, 0) is 4.74 Å². The van der Waals surface area contributed by atoms with Gasteiger partial charge in [0.2, 0.25) is 0 Å². The van der Waals surface area contributed by atoms with Crippen LogP contribution in [0.5, 0.6) is 0 Å². The quantitative estimate of drug-likeness (QED) is 0.311. The van der Waals surface area contributed by atoms with Gasteiger partial charge in [-0.2, -0.15) is 0 Å². The fraction of sp³-hybridized carbons (Fsp3) is 0.0714. The van der Waals surface area contributed by atoms with Crippen LogP contribution in [0.15, 0.2) is 94.2 Å². The molecule has 0 unspecified atom stereocenters. The molecule has 0 bridgehead atoms. The van der Waals surface area contributed by atoms with Crippen molar-refractivity contribution in [2.24, 2.45) is 0 Å². The van der Waals surface area contributed by atoms with Gasteiger partial charge in [-0.3, -0.25) is 9.36 Å². The molecule has 170 valence electrons. The molecule has 6 heteroatoms. The van der Waals surface area contributed by atoms with Gasteiger partial charge >= 0.3 is 5.97 Å². The average molecular weight is 515 g/mol. The number of benzene rings is 3. The minimum Gasteiger partial charge on any atom is -0.462 e. The summed E-state index contributed by atoms with van der Waals surface area (Å²) in [5, 5.41) is 0. The van der Waals surface area contributed by atoms with Gasteiger partial charge in [0, 0.05) is 15.7 Å². The molecule has 1 heterocycles. The van der Waals surface area contributed by atoms with Crippen LogP contribution in [0.3, 0.4) is 0 Å². The fourth-order valence-electron chi connectivity index (χ4n) is 3.80. The highest BCUT2D eigenvalue weighted by atomic mass is 79.9. The van der Waals surface area contributed by atoms with Crippen molar-refractivity contribution in [3.63, 3.8) is 0 Å². The highest BCUT2D eigenvalue weighted by Crippen LogP contribution is 2.36. The normalized spacial score (nSPS) is 11.0. The van der Waals surface area contributed by atoms with Crippen LogP contribution < -0.4 is 11.3 Å². The Hall–Kier alpha value is -3.90. The highest BCUT2D eigenvalue weighted by molar-refractivity contribution is 9.10. The van der Waals surface area contributed by atoms with E-state index in [-0.39, 0.29) is 17.9 Å². The molecule has 4 aromatic rings. The third-order valence-electron chi connectivity index (χ3n) is 5.32. The first-order valence-electron chi connectivity index (χ1n) is 10.8. The van der Waals surface area contributed by atoms with E-state index in [9.17, 15) is 9.59 Å². The van der Waals surface area contributed by atoms with Crippen molar-refractivity contribution < 1.29 is 9.53 Å². The molecule has 0 radical (unpaired) electrons. The van der Waals surface area contributed by atoms with Gasteiger partial charge in [0.15, 0.2) is 0 Å². The Labute approximate surface area is 206 Å². The number of hydrogen-bond donors (Lipinski definition) is 1. The first kappa shape index (κ1) is 23.3. The number of nitrogens with two attached hydrogens (primary N) is 1. The topological polar surface area (TPSA) is 74.3 Å². The second-order valence-electron chi connectivity index (χ2n) is 7.47. The molecule has 0 saturated carbocycles. The van der Waals surface area contributed by atoms with E-state index >= 15 is 0 Å². The van der Waals surface area contributed by atoms with Crippen LogP contribution in [-0.4, -0.2) is 17.1 Å². The van der Waals surface area contributed by atoms with Gasteiger partial charge in [0.1, 0.15) is 5.69 Å². The van der Waals surface area contributed by atoms with Crippen LogP contribution in [0.4, 0.5) is 5.69 Å². The van der Waals surface area contributed by atoms with E-state index in [0.29, 0.717) is 27.0 Å². The molecule has 0 spiro atoms. The Morgan fingerprint density at radius 3 is 2.21 bits per heavy atom. The van der Waals surface area contributed by atoms with Crippen molar-refractivity contribution in [2.75, 3.05) is 12.3 Å². The second-order valence-corrected chi connectivity index (χ2v) is 8.32. The number of aromatic nitrogens is 1. The number of carbonyl (C=O) groups is 1. The molecule has 0 fully saturated rings. The number of carbonyl (C=O) groups excluding carboxylic acids is 1. The number of anilines is 1. The number of nitrogen functional groups attached to an aromatic ring is 1. The number of nitrogens with zero attached hydrogens (tertiary/aromatic N) is 1. The number of esters is 1. The maximum absolute atomic E-state index is 13.7. The summed E-state index contributed by atoms with van der Waals surface area (Å²) in [5.41, 5.74) is 9.10. The summed E-state index contributed by atoms with van der Waals surface area (Å²) in [7, 11) is 0. The zero-order valence-corrected chi connectivity index (χ0v) is 20.2. The first-order chi connectivity index (χ1) is 16.5. The molecular formula is C28H23BrN2O3. The van der Waals surface area contributed by atoms with E-state index in [2.05, 4.69) is 15.9 Å². The summed E-state index contributed by atoms with van der Waals surface area (Å²) in [6.07, 6.45) is 3.62.